The van der Waals surface area contributed by atoms with E-state index in [4.69, 9.17) is 34.7 Å². The Morgan fingerprint density at radius 1 is 0.722 bits per heavy atom. The molecular weight excluding hydrogens is 497 g/mol. The molecule has 4 N–H and O–H groups in total. The van der Waals surface area contributed by atoms with Crippen LogP contribution in [0.1, 0.15) is 0 Å². The molecule has 0 radical (unpaired) electrons. The van der Waals surface area contributed by atoms with Gasteiger partial charge in [0.2, 0.25) is 0 Å². The summed E-state index contributed by atoms with van der Waals surface area (Å²) < 4.78 is 1.88. The number of nitrogen functional groups attached to an aromatic ring is 2. The van der Waals surface area contributed by atoms with E-state index in [1.807, 2.05) is 12.1 Å². The lowest BCUT2D eigenvalue weighted by molar-refractivity contribution is 1.56. The molecule has 94 valence electrons. The molecule has 2 nitrogen and oxygen atoms in total. The van der Waals surface area contributed by atoms with Gasteiger partial charge in [-0.15, -0.1) is 0 Å². The van der Waals surface area contributed by atoms with Crippen molar-refractivity contribution in [2.24, 2.45) is 0 Å². The minimum absolute atomic E-state index is 0.579. The van der Waals surface area contributed by atoms with Crippen molar-refractivity contribution in [3.63, 3.8) is 0 Å². The number of anilines is 2. The molecule has 0 fully saturated rings. The number of rotatable bonds is 1. The van der Waals surface area contributed by atoms with Crippen molar-refractivity contribution in [1.29, 1.82) is 0 Å². The molecule has 2 aromatic rings. The zero-order valence-electron chi connectivity index (χ0n) is 8.98. The van der Waals surface area contributed by atoms with E-state index in [0.717, 1.165) is 18.3 Å². The van der Waals surface area contributed by atoms with Crippen LogP contribution in [0.25, 0.3) is 11.1 Å². The third-order valence-corrected chi connectivity index (χ3v) is 4.96. The minimum atomic E-state index is 0.579. The lowest BCUT2D eigenvalue weighted by atomic mass is 10.0. The molecule has 0 aliphatic carbocycles. The van der Waals surface area contributed by atoms with E-state index in [2.05, 4.69) is 45.2 Å². The topological polar surface area (TPSA) is 52.0 Å². The molecule has 0 heterocycles. The molecule has 0 aliphatic rings. The lowest BCUT2D eigenvalue weighted by Gasteiger charge is -2.11. The van der Waals surface area contributed by atoms with Crippen molar-refractivity contribution in [2.75, 3.05) is 11.5 Å². The first kappa shape index (κ1) is 14.5. The summed E-state index contributed by atoms with van der Waals surface area (Å²) in [6, 6.07) is 7.31. The van der Waals surface area contributed by atoms with Crippen LogP contribution < -0.4 is 11.5 Å². The summed E-state index contributed by atoms with van der Waals surface area (Å²) in [4.78, 5) is 0. The van der Waals surface area contributed by atoms with Gasteiger partial charge in [-0.3, -0.25) is 0 Å². The fourth-order valence-electron chi connectivity index (χ4n) is 1.54. The van der Waals surface area contributed by atoms with Gasteiger partial charge in [0.1, 0.15) is 0 Å². The summed E-state index contributed by atoms with van der Waals surface area (Å²) in [5.74, 6) is 0. The molecule has 2 rings (SSSR count). The number of benzene rings is 2. The average Bonchev–Trinajstić information content (AvgIpc) is 2.29. The maximum atomic E-state index is 6.22. The Hall–Kier alpha value is 0.0800. The predicted octanol–water partition coefficient (Wildman–Crippen LogP) is 5.03. The Balaban J connectivity index is 2.69. The molecule has 0 aliphatic heterocycles. The van der Waals surface area contributed by atoms with E-state index in [9.17, 15) is 0 Å². The van der Waals surface area contributed by atoms with Gasteiger partial charge in [0, 0.05) is 29.6 Å². The van der Waals surface area contributed by atoms with Gasteiger partial charge in [-0.25, -0.2) is 0 Å². The van der Waals surface area contributed by atoms with Crippen molar-refractivity contribution in [2.45, 2.75) is 0 Å². The van der Waals surface area contributed by atoms with Crippen molar-refractivity contribution in [3.05, 3.63) is 41.5 Å². The maximum absolute atomic E-state index is 6.22. The van der Waals surface area contributed by atoms with Gasteiger partial charge in [0.25, 0.3) is 0 Å². The van der Waals surface area contributed by atoms with Gasteiger partial charge in [0.15, 0.2) is 0 Å². The lowest BCUT2D eigenvalue weighted by Crippen LogP contribution is -1.94. The van der Waals surface area contributed by atoms with Crippen LogP contribution in [0.4, 0.5) is 11.4 Å². The van der Waals surface area contributed by atoms with Gasteiger partial charge in [-0.05, 0) is 69.4 Å². The van der Waals surface area contributed by atoms with Crippen molar-refractivity contribution < 1.29 is 0 Å². The van der Waals surface area contributed by atoms with Gasteiger partial charge >= 0.3 is 0 Å². The van der Waals surface area contributed by atoms with Crippen LogP contribution in [-0.2, 0) is 0 Å². The van der Waals surface area contributed by atoms with E-state index in [1.54, 1.807) is 12.1 Å². The Kier molecular flexibility index (Phi) is 4.51. The van der Waals surface area contributed by atoms with Crippen LogP contribution >= 0.6 is 68.4 Å². The molecule has 0 atom stereocenters. The number of hydrogen-bond donors (Lipinski definition) is 2. The fourth-order valence-corrected chi connectivity index (χ4v) is 3.02. The summed E-state index contributed by atoms with van der Waals surface area (Å²) in [6.07, 6.45) is 0. The van der Waals surface area contributed by atoms with Crippen LogP contribution in [0.3, 0.4) is 0 Å². The molecule has 0 saturated heterocycles. The Morgan fingerprint density at radius 2 is 1.06 bits per heavy atom. The summed E-state index contributed by atoms with van der Waals surface area (Å²) in [7, 11) is 0. The molecule has 0 saturated carbocycles. The highest BCUT2D eigenvalue weighted by atomic mass is 127. The van der Waals surface area contributed by atoms with Crippen LogP contribution in [0.5, 0.6) is 0 Å². The highest BCUT2D eigenvalue weighted by Crippen LogP contribution is 2.38. The van der Waals surface area contributed by atoms with Crippen LogP contribution in [-0.4, -0.2) is 0 Å². The summed E-state index contributed by atoms with van der Waals surface area (Å²) in [6.45, 7) is 0. The van der Waals surface area contributed by atoms with E-state index >= 15 is 0 Å². The second-order valence-electron chi connectivity index (χ2n) is 3.71. The second kappa shape index (κ2) is 5.60. The molecule has 0 amide bonds. The standard InChI is InChI=1S/C12H8Cl2I2N2/c13-7-3-11(17)9(15)1-5(7)6-2-10(16)12(18)4-8(6)14/h1-4H,17-18H2. The van der Waals surface area contributed by atoms with Gasteiger partial charge < -0.3 is 11.5 Å². The second-order valence-corrected chi connectivity index (χ2v) is 6.85. The molecule has 0 aromatic heterocycles. The molecular formula is C12H8Cl2I2N2. The van der Waals surface area contributed by atoms with E-state index < -0.39 is 0 Å². The monoisotopic (exact) mass is 504 g/mol. The quantitative estimate of drug-likeness (QED) is 0.422. The van der Waals surface area contributed by atoms with Crippen LogP contribution in [0, 0.1) is 7.14 Å². The van der Waals surface area contributed by atoms with E-state index in [-0.39, 0.29) is 0 Å². The molecule has 18 heavy (non-hydrogen) atoms. The van der Waals surface area contributed by atoms with Crippen LogP contribution in [0.15, 0.2) is 24.3 Å². The molecule has 0 bridgehead atoms. The average molecular weight is 505 g/mol. The first-order chi connectivity index (χ1) is 8.40. The van der Waals surface area contributed by atoms with Gasteiger partial charge in [-0.1, -0.05) is 23.2 Å². The Bertz CT molecular complexity index is 574. The number of nitrogens with two attached hydrogens (primary N) is 2. The molecule has 0 unspecified atom stereocenters. The Morgan fingerprint density at radius 3 is 1.39 bits per heavy atom. The van der Waals surface area contributed by atoms with Crippen molar-refractivity contribution in [1.82, 2.24) is 0 Å². The Labute approximate surface area is 142 Å². The number of hydrogen-bond acceptors (Lipinski definition) is 2. The van der Waals surface area contributed by atoms with E-state index in [1.165, 1.54) is 0 Å². The van der Waals surface area contributed by atoms with E-state index in [0.29, 0.717) is 21.4 Å². The zero-order chi connectivity index (χ0) is 13.4. The smallest absolute Gasteiger partial charge is 0.0506 e. The zero-order valence-corrected chi connectivity index (χ0v) is 14.8. The first-order valence-corrected chi connectivity index (χ1v) is 7.81. The molecule has 6 heteroatoms. The highest BCUT2D eigenvalue weighted by molar-refractivity contribution is 14.1. The third-order valence-electron chi connectivity index (χ3n) is 2.46. The molecule has 2 aromatic carbocycles. The van der Waals surface area contributed by atoms with Crippen molar-refractivity contribution in [3.8, 4) is 11.1 Å². The predicted molar refractivity (Wildman–Crippen MR) is 96.2 cm³/mol. The maximum Gasteiger partial charge on any atom is 0.0506 e. The SMILES string of the molecule is Nc1cc(Cl)c(-c2cc(I)c(N)cc2Cl)cc1I. The third kappa shape index (κ3) is 2.81. The molecule has 0 spiro atoms. The van der Waals surface area contributed by atoms with Crippen LogP contribution in [0.2, 0.25) is 10.0 Å². The normalized spacial score (nSPS) is 10.7. The highest BCUT2D eigenvalue weighted by Gasteiger charge is 2.12. The van der Waals surface area contributed by atoms with Gasteiger partial charge in [0.05, 0.1) is 10.0 Å². The summed E-state index contributed by atoms with van der Waals surface area (Å²) >= 11 is 16.8. The van der Waals surface area contributed by atoms with Crippen molar-refractivity contribution >= 4 is 79.8 Å². The summed E-state index contributed by atoms with van der Waals surface area (Å²) in [5, 5.41) is 1.16. The first-order valence-electron chi connectivity index (χ1n) is 4.89. The minimum Gasteiger partial charge on any atom is -0.398 e. The number of halogens is 4. The fraction of sp³-hybridized carbons (Fsp3) is 0. The summed E-state index contributed by atoms with van der Waals surface area (Å²) in [5.41, 5.74) is 14.7. The largest absolute Gasteiger partial charge is 0.398 e. The van der Waals surface area contributed by atoms with Gasteiger partial charge in [-0.2, -0.15) is 0 Å².